The maximum absolute atomic E-state index is 11.3. The van der Waals surface area contributed by atoms with Gasteiger partial charge in [-0.1, -0.05) is 70.4 Å². The molecule has 4 heteroatoms. The van der Waals surface area contributed by atoms with Crippen LogP contribution in [-0.2, 0) is 9.59 Å². The second-order valence-electron chi connectivity index (χ2n) is 6.51. The summed E-state index contributed by atoms with van der Waals surface area (Å²) in [6, 6.07) is 0. The molecule has 0 fully saturated rings. The standard InChI is InChI=1S/C20H38N2O2/c1-2-3-4-5-6-7-8-9-10-11-12-13-14-15-16-17-19(23)22-20(24)18-21/h9-10H,2-8,11-18,21H2,1H3,(H,22,23,24)/b10-9-. The topological polar surface area (TPSA) is 72.2 Å². The van der Waals surface area contributed by atoms with Crippen molar-refractivity contribution in [3.05, 3.63) is 12.2 Å². The molecule has 2 amide bonds. The van der Waals surface area contributed by atoms with Gasteiger partial charge >= 0.3 is 0 Å². The van der Waals surface area contributed by atoms with Crippen molar-refractivity contribution in [2.24, 2.45) is 5.73 Å². The molecule has 24 heavy (non-hydrogen) atoms. The lowest BCUT2D eigenvalue weighted by Gasteiger charge is -2.02. The lowest BCUT2D eigenvalue weighted by Crippen LogP contribution is -2.35. The molecule has 0 heterocycles. The molecule has 4 nitrogen and oxygen atoms in total. The van der Waals surface area contributed by atoms with E-state index in [-0.39, 0.29) is 12.5 Å². The van der Waals surface area contributed by atoms with Crippen molar-refractivity contribution in [1.29, 1.82) is 0 Å². The fraction of sp³-hybridized carbons (Fsp3) is 0.800. The first-order chi connectivity index (χ1) is 11.7. The summed E-state index contributed by atoms with van der Waals surface area (Å²) in [5.41, 5.74) is 5.14. The van der Waals surface area contributed by atoms with Crippen LogP contribution in [0.4, 0.5) is 0 Å². The van der Waals surface area contributed by atoms with E-state index in [1.807, 2.05) is 0 Å². The molecular weight excluding hydrogens is 300 g/mol. The molecule has 0 atom stereocenters. The summed E-state index contributed by atoms with van der Waals surface area (Å²) in [5, 5.41) is 2.27. The molecule has 140 valence electrons. The van der Waals surface area contributed by atoms with Crippen molar-refractivity contribution < 1.29 is 9.59 Å². The maximum atomic E-state index is 11.3. The zero-order valence-corrected chi connectivity index (χ0v) is 15.7. The first-order valence-corrected chi connectivity index (χ1v) is 9.88. The van der Waals surface area contributed by atoms with E-state index in [0.29, 0.717) is 6.42 Å². The summed E-state index contributed by atoms with van der Waals surface area (Å²) in [4.78, 5) is 22.3. The number of carbonyl (C=O) groups excluding carboxylic acids is 2. The Labute approximate surface area is 148 Å². The van der Waals surface area contributed by atoms with Crippen molar-refractivity contribution in [3.8, 4) is 0 Å². The van der Waals surface area contributed by atoms with Gasteiger partial charge in [-0.05, 0) is 32.1 Å². The van der Waals surface area contributed by atoms with Gasteiger partial charge in [0.05, 0.1) is 6.54 Å². The second-order valence-corrected chi connectivity index (χ2v) is 6.51. The van der Waals surface area contributed by atoms with E-state index in [2.05, 4.69) is 24.4 Å². The van der Waals surface area contributed by atoms with Gasteiger partial charge in [0.1, 0.15) is 0 Å². The van der Waals surface area contributed by atoms with Gasteiger partial charge in [-0.25, -0.2) is 0 Å². The van der Waals surface area contributed by atoms with Gasteiger partial charge in [0.2, 0.25) is 11.8 Å². The van der Waals surface area contributed by atoms with E-state index >= 15 is 0 Å². The molecule has 0 spiro atoms. The Bertz CT molecular complexity index is 341. The lowest BCUT2D eigenvalue weighted by atomic mass is 10.1. The highest BCUT2D eigenvalue weighted by Crippen LogP contribution is 2.09. The summed E-state index contributed by atoms with van der Waals surface area (Å²) >= 11 is 0. The Morgan fingerprint density at radius 3 is 1.79 bits per heavy atom. The summed E-state index contributed by atoms with van der Waals surface area (Å²) in [5.74, 6) is -0.601. The van der Waals surface area contributed by atoms with Crippen LogP contribution in [0.5, 0.6) is 0 Å². The quantitative estimate of drug-likeness (QED) is 0.318. The number of allylic oxidation sites excluding steroid dienone is 2. The van der Waals surface area contributed by atoms with Crippen LogP contribution in [0.3, 0.4) is 0 Å². The third-order valence-electron chi connectivity index (χ3n) is 4.13. The number of hydrogen-bond acceptors (Lipinski definition) is 3. The van der Waals surface area contributed by atoms with E-state index in [4.69, 9.17) is 5.73 Å². The summed E-state index contributed by atoms with van der Waals surface area (Å²) in [7, 11) is 0. The smallest absolute Gasteiger partial charge is 0.240 e. The molecule has 0 saturated carbocycles. The van der Waals surface area contributed by atoms with Crippen LogP contribution in [0, 0.1) is 0 Å². The van der Waals surface area contributed by atoms with Gasteiger partial charge in [-0.3, -0.25) is 14.9 Å². The lowest BCUT2D eigenvalue weighted by molar-refractivity contribution is -0.129. The molecule has 0 aromatic heterocycles. The normalized spacial score (nSPS) is 11.1. The minimum Gasteiger partial charge on any atom is -0.322 e. The number of nitrogens with one attached hydrogen (secondary N) is 1. The van der Waals surface area contributed by atoms with E-state index in [9.17, 15) is 9.59 Å². The highest BCUT2D eigenvalue weighted by atomic mass is 16.2. The van der Waals surface area contributed by atoms with E-state index in [0.717, 1.165) is 19.3 Å². The summed E-state index contributed by atoms with van der Waals surface area (Å²) in [6.45, 7) is 2.13. The minimum atomic E-state index is -0.396. The number of hydrogen-bond donors (Lipinski definition) is 2. The molecule has 0 aromatic rings. The van der Waals surface area contributed by atoms with Crippen molar-refractivity contribution in [2.75, 3.05) is 6.54 Å². The van der Waals surface area contributed by atoms with Gasteiger partial charge in [0, 0.05) is 6.42 Å². The number of amides is 2. The van der Waals surface area contributed by atoms with E-state index in [1.54, 1.807) is 0 Å². The Hall–Kier alpha value is -1.16. The molecule has 3 N–H and O–H groups in total. The van der Waals surface area contributed by atoms with E-state index < -0.39 is 5.91 Å². The van der Waals surface area contributed by atoms with Gasteiger partial charge < -0.3 is 5.73 Å². The first-order valence-electron chi connectivity index (χ1n) is 9.88. The van der Waals surface area contributed by atoms with Crippen molar-refractivity contribution >= 4 is 11.8 Å². The number of carbonyl (C=O) groups is 2. The fourth-order valence-electron chi connectivity index (χ4n) is 2.63. The van der Waals surface area contributed by atoms with Gasteiger partial charge in [0.25, 0.3) is 0 Å². The molecule has 0 unspecified atom stereocenters. The zero-order valence-electron chi connectivity index (χ0n) is 15.7. The molecule has 0 aromatic carbocycles. The Morgan fingerprint density at radius 1 is 0.750 bits per heavy atom. The second kappa shape index (κ2) is 18.2. The number of nitrogens with two attached hydrogens (primary N) is 1. The SMILES string of the molecule is CCCCCCCC/C=C\CCCCCCCC(=O)NC(=O)CN. The molecular formula is C20H38N2O2. The van der Waals surface area contributed by atoms with Crippen LogP contribution in [0.15, 0.2) is 12.2 Å². The summed E-state index contributed by atoms with van der Waals surface area (Å²) < 4.78 is 0. The average Bonchev–Trinajstić information content (AvgIpc) is 2.58. The van der Waals surface area contributed by atoms with Crippen LogP contribution < -0.4 is 11.1 Å². The molecule has 0 rings (SSSR count). The molecule has 0 aliphatic carbocycles. The first kappa shape index (κ1) is 22.8. The molecule has 0 aliphatic rings. The monoisotopic (exact) mass is 338 g/mol. The number of imide groups is 1. The highest BCUT2D eigenvalue weighted by molar-refractivity contribution is 5.95. The van der Waals surface area contributed by atoms with E-state index in [1.165, 1.54) is 64.2 Å². The highest BCUT2D eigenvalue weighted by Gasteiger charge is 2.04. The van der Waals surface area contributed by atoms with Crippen LogP contribution in [0.25, 0.3) is 0 Å². The van der Waals surface area contributed by atoms with Gasteiger partial charge in [-0.15, -0.1) is 0 Å². The van der Waals surface area contributed by atoms with Gasteiger partial charge in [0.15, 0.2) is 0 Å². The average molecular weight is 339 g/mol. The van der Waals surface area contributed by atoms with Crippen LogP contribution in [0.2, 0.25) is 0 Å². The van der Waals surface area contributed by atoms with Gasteiger partial charge in [-0.2, -0.15) is 0 Å². The number of unbranched alkanes of at least 4 members (excludes halogenated alkanes) is 11. The predicted octanol–water partition coefficient (Wildman–Crippen LogP) is 4.63. The molecule has 0 radical (unpaired) electrons. The Morgan fingerprint density at radius 2 is 1.25 bits per heavy atom. The third kappa shape index (κ3) is 17.2. The van der Waals surface area contributed by atoms with Crippen molar-refractivity contribution in [2.45, 2.75) is 96.8 Å². The Kier molecular flexibility index (Phi) is 17.3. The maximum Gasteiger partial charge on any atom is 0.240 e. The van der Waals surface area contributed by atoms with Crippen LogP contribution in [-0.4, -0.2) is 18.4 Å². The Balaban J connectivity index is 3.23. The minimum absolute atomic E-state index is 0.127. The largest absolute Gasteiger partial charge is 0.322 e. The molecule has 0 bridgehead atoms. The van der Waals surface area contributed by atoms with Crippen molar-refractivity contribution in [1.82, 2.24) is 5.32 Å². The predicted molar refractivity (Wildman–Crippen MR) is 102 cm³/mol. The van der Waals surface area contributed by atoms with Crippen molar-refractivity contribution in [3.63, 3.8) is 0 Å². The zero-order chi connectivity index (χ0) is 17.9. The molecule has 0 aliphatic heterocycles. The third-order valence-corrected chi connectivity index (χ3v) is 4.13. The molecule has 0 saturated heterocycles. The number of rotatable bonds is 16. The summed E-state index contributed by atoms with van der Waals surface area (Å²) in [6.07, 6.45) is 21.1. The van der Waals surface area contributed by atoms with Crippen LogP contribution >= 0.6 is 0 Å². The van der Waals surface area contributed by atoms with Crippen LogP contribution in [0.1, 0.15) is 96.8 Å². The fourth-order valence-corrected chi connectivity index (χ4v) is 2.63.